The summed E-state index contributed by atoms with van der Waals surface area (Å²) in [5.74, 6) is 0.849. The first-order valence-corrected chi connectivity index (χ1v) is 7.70. The normalized spacial score (nSPS) is 13.6. The molecule has 0 heterocycles. The molecule has 0 aliphatic carbocycles. The molecule has 0 aliphatic rings. The molecule has 4 heteroatoms. The first kappa shape index (κ1) is 17.5. The van der Waals surface area contributed by atoms with Crippen molar-refractivity contribution < 1.29 is 0 Å². The van der Waals surface area contributed by atoms with Crippen LogP contribution in [0.1, 0.15) is 37.9 Å². The molecule has 1 aromatic carbocycles. The predicted octanol–water partition coefficient (Wildman–Crippen LogP) is 2.43. The summed E-state index contributed by atoms with van der Waals surface area (Å²) in [5, 5.41) is 6.72. The second kappa shape index (κ2) is 8.67. The Bertz CT molecular complexity index is 435. The number of benzene rings is 1. The topological polar surface area (TPSA) is 39.7 Å². The molecule has 0 fully saturated rings. The molecule has 0 saturated heterocycles. The van der Waals surface area contributed by atoms with Gasteiger partial charge in [0.2, 0.25) is 0 Å². The fourth-order valence-corrected chi connectivity index (χ4v) is 2.24. The molecule has 0 saturated carbocycles. The van der Waals surface area contributed by atoms with E-state index in [1.807, 2.05) is 0 Å². The second-order valence-electron chi connectivity index (χ2n) is 5.83. The summed E-state index contributed by atoms with van der Waals surface area (Å²) in [6, 6.07) is 9.58. The Morgan fingerprint density at radius 3 is 2.24 bits per heavy atom. The van der Waals surface area contributed by atoms with Gasteiger partial charge in [-0.05, 0) is 45.5 Å². The van der Waals surface area contributed by atoms with Gasteiger partial charge in [-0.25, -0.2) is 0 Å². The molecule has 0 spiro atoms. The molecule has 118 valence electrons. The summed E-state index contributed by atoms with van der Waals surface area (Å²) in [6.07, 6.45) is 1.08. The van der Waals surface area contributed by atoms with Crippen molar-refractivity contribution in [1.82, 2.24) is 15.5 Å². The molecule has 1 atom stereocenters. The van der Waals surface area contributed by atoms with Crippen LogP contribution >= 0.6 is 0 Å². The number of guanidine groups is 1. The molecular weight excluding hydrogens is 260 g/mol. The van der Waals surface area contributed by atoms with Crippen molar-refractivity contribution in [3.05, 3.63) is 35.4 Å². The molecule has 2 N–H and O–H groups in total. The van der Waals surface area contributed by atoms with Gasteiger partial charge in [0, 0.05) is 19.6 Å². The third-order valence-electron chi connectivity index (χ3n) is 3.51. The molecule has 0 aliphatic heterocycles. The monoisotopic (exact) mass is 290 g/mol. The quantitative estimate of drug-likeness (QED) is 0.624. The zero-order valence-corrected chi connectivity index (χ0v) is 14.3. The lowest BCUT2D eigenvalue weighted by Gasteiger charge is -2.26. The largest absolute Gasteiger partial charge is 0.354 e. The maximum absolute atomic E-state index is 4.26. The molecule has 0 aromatic heterocycles. The van der Waals surface area contributed by atoms with Crippen molar-refractivity contribution in [2.75, 3.05) is 27.7 Å². The summed E-state index contributed by atoms with van der Waals surface area (Å²) in [7, 11) is 6.02. The Hall–Kier alpha value is -1.55. The zero-order valence-electron chi connectivity index (χ0n) is 14.3. The Labute approximate surface area is 129 Å². The summed E-state index contributed by atoms with van der Waals surface area (Å²) in [6.45, 7) is 7.23. The van der Waals surface area contributed by atoms with Gasteiger partial charge in [0.25, 0.3) is 0 Å². The number of nitrogens with one attached hydrogen (secondary N) is 2. The number of likely N-dealkylation sites (N-methyl/N-ethyl adjacent to an activating group) is 1. The van der Waals surface area contributed by atoms with Crippen LogP contribution in [0, 0.1) is 0 Å². The van der Waals surface area contributed by atoms with Crippen molar-refractivity contribution in [1.29, 1.82) is 0 Å². The van der Waals surface area contributed by atoms with Crippen LogP contribution in [0.5, 0.6) is 0 Å². The Morgan fingerprint density at radius 2 is 1.81 bits per heavy atom. The standard InChI is InChI=1S/C17H30N4/c1-7-14-8-10-15(11-9-14)16(21(5)6)12-19-17(18-4)20-13(2)3/h8-11,13,16H,7,12H2,1-6H3,(H2,18,19,20). The number of aryl methyl sites for hydroxylation is 1. The molecule has 1 rings (SSSR count). The minimum Gasteiger partial charge on any atom is -0.354 e. The lowest BCUT2D eigenvalue weighted by Crippen LogP contribution is -2.44. The van der Waals surface area contributed by atoms with Gasteiger partial charge in [-0.3, -0.25) is 4.99 Å². The smallest absolute Gasteiger partial charge is 0.191 e. The van der Waals surface area contributed by atoms with Gasteiger partial charge in [-0.1, -0.05) is 31.2 Å². The number of hydrogen-bond acceptors (Lipinski definition) is 2. The highest BCUT2D eigenvalue weighted by molar-refractivity contribution is 5.79. The lowest BCUT2D eigenvalue weighted by atomic mass is 10.0. The third kappa shape index (κ3) is 5.76. The van der Waals surface area contributed by atoms with E-state index in [0.717, 1.165) is 18.9 Å². The second-order valence-corrected chi connectivity index (χ2v) is 5.83. The summed E-state index contributed by atoms with van der Waals surface area (Å²) in [5.41, 5.74) is 2.70. The van der Waals surface area contributed by atoms with E-state index in [1.165, 1.54) is 11.1 Å². The molecule has 1 aromatic rings. The first-order chi connectivity index (χ1) is 9.97. The summed E-state index contributed by atoms with van der Waals surface area (Å²) >= 11 is 0. The van der Waals surface area contributed by atoms with Crippen LogP contribution in [-0.2, 0) is 6.42 Å². The maximum atomic E-state index is 4.26. The number of aliphatic imine (C=N–C) groups is 1. The van der Waals surface area contributed by atoms with Gasteiger partial charge in [0.1, 0.15) is 0 Å². The minimum atomic E-state index is 0.321. The molecule has 0 amide bonds. The fraction of sp³-hybridized carbons (Fsp3) is 0.588. The molecule has 0 bridgehead atoms. The van der Waals surface area contributed by atoms with E-state index in [1.54, 1.807) is 7.05 Å². The van der Waals surface area contributed by atoms with E-state index in [0.29, 0.717) is 12.1 Å². The third-order valence-corrected chi connectivity index (χ3v) is 3.51. The van der Waals surface area contributed by atoms with Crippen molar-refractivity contribution in [3.63, 3.8) is 0 Å². The van der Waals surface area contributed by atoms with Crippen molar-refractivity contribution in [3.8, 4) is 0 Å². The zero-order chi connectivity index (χ0) is 15.8. The highest BCUT2D eigenvalue weighted by atomic mass is 15.2. The van der Waals surface area contributed by atoms with Crippen molar-refractivity contribution in [2.45, 2.75) is 39.3 Å². The summed E-state index contributed by atoms with van der Waals surface area (Å²) in [4.78, 5) is 6.49. The van der Waals surface area contributed by atoms with Crippen LogP contribution in [0.3, 0.4) is 0 Å². The molecule has 0 radical (unpaired) electrons. The molecule has 21 heavy (non-hydrogen) atoms. The van der Waals surface area contributed by atoms with Crippen LogP contribution in [0.2, 0.25) is 0 Å². The molecule has 4 nitrogen and oxygen atoms in total. The van der Waals surface area contributed by atoms with Crippen LogP contribution in [0.4, 0.5) is 0 Å². The fourth-order valence-electron chi connectivity index (χ4n) is 2.24. The number of hydrogen-bond donors (Lipinski definition) is 2. The van der Waals surface area contributed by atoms with E-state index in [4.69, 9.17) is 0 Å². The maximum Gasteiger partial charge on any atom is 0.191 e. The molecular formula is C17H30N4. The highest BCUT2D eigenvalue weighted by Crippen LogP contribution is 2.18. The number of nitrogens with zero attached hydrogens (tertiary/aromatic N) is 2. The van der Waals surface area contributed by atoms with Crippen molar-refractivity contribution in [2.24, 2.45) is 4.99 Å². The Morgan fingerprint density at radius 1 is 1.19 bits per heavy atom. The van der Waals surface area contributed by atoms with Gasteiger partial charge in [0.05, 0.1) is 6.04 Å². The van der Waals surface area contributed by atoms with E-state index < -0.39 is 0 Å². The van der Waals surface area contributed by atoms with Gasteiger partial charge in [0.15, 0.2) is 5.96 Å². The van der Waals surface area contributed by atoms with Gasteiger partial charge >= 0.3 is 0 Å². The van der Waals surface area contributed by atoms with Crippen LogP contribution < -0.4 is 10.6 Å². The average Bonchev–Trinajstić information content (AvgIpc) is 2.46. The highest BCUT2D eigenvalue weighted by Gasteiger charge is 2.14. The van der Waals surface area contributed by atoms with E-state index in [2.05, 4.69) is 79.7 Å². The van der Waals surface area contributed by atoms with Crippen LogP contribution in [-0.4, -0.2) is 44.6 Å². The van der Waals surface area contributed by atoms with Crippen LogP contribution in [0.15, 0.2) is 29.3 Å². The van der Waals surface area contributed by atoms with E-state index in [9.17, 15) is 0 Å². The van der Waals surface area contributed by atoms with Gasteiger partial charge < -0.3 is 15.5 Å². The number of rotatable bonds is 6. The van der Waals surface area contributed by atoms with Gasteiger partial charge in [-0.2, -0.15) is 0 Å². The summed E-state index contributed by atoms with van der Waals surface area (Å²) < 4.78 is 0. The minimum absolute atomic E-state index is 0.321. The van der Waals surface area contributed by atoms with Gasteiger partial charge in [-0.15, -0.1) is 0 Å². The lowest BCUT2D eigenvalue weighted by molar-refractivity contribution is 0.298. The van der Waals surface area contributed by atoms with E-state index >= 15 is 0 Å². The van der Waals surface area contributed by atoms with Crippen LogP contribution in [0.25, 0.3) is 0 Å². The first-order valence-electron chi connectivity index (χ1n) is 7.70. The predicted molar refractivity (Wildman–Crippen MR) is 91.9 cm³/mol. The Balaban J connectivity index is 2.73. The SMILES string of the molecule is CCc1ccc(C(CNC(=NC)NC(C)C)N(C)C)cc1. The van der Waals surface area contributed by atoms with Crippen molar-refractivity contribution >= 4 is 5.96 Å². The van der Waals surface area contributed by atoms with E-state index in [-0.39, 0.29) is 0 Å². The Kier molecular flexibility index (Phi) is 7.23. The average molecular weight is 290 g/mol. The molecule has 1 unspecified atom stereocenters.